The van der Waals surface area contributed by atoms with Crippen molar-refractivity contribution in [2.24, 2.45) is 5.92 Å². The van der Waals surface area contributed by atoms with Gasteiger partial charge in [-0.25, -0.2) is 0 Å². The molecule has 1 aliphatic carbocycles. The Bertz CT molecular complexity index is 474. The molecule has 5 nitrogen and oxygen atoms in total. The number of nitrogens with one attached hydrogen (secondary N) is 1. The monoisotopic (exact) mass is 249 g/mol. The summed E-state index contributed by atoms with van der Waals surface area (Å²) in [6.45, 7) is 1.41. The number of carboxylic acid groups (broad SMARTS) is 1. The van der Waals surface area contributed by atoms with Gasteiger partial charge in [0.05, 0.1) is 11.5 Å². The molecule has 0 atom stereocenters. The Morgan fingerprint density at radius 2 is 1.83 bits per heavy atom. The number of aliphatic carboxylic acids is 1. The zero-order valence-electron chi connectivity index (χ0n) is 10.0. The van der Waals surface area contributed by atoms with Gasteiger partial charge in [-0.3, -0.25) is 9.59 Å². The first kappa shape index (κ1) is 12.4. The third kappa shape index (κ3) is 2.16. The van der Waals surface area contributed by atoms with Crippen LogP contribution in [-0.2, 0) is 15.1 Å². The molecule has 96 valence electrons. The van der Waals surface area contributed by atoms with Crippen molar-refractivity contribution in [2.45, 2.75) is 25.3 Å². The molecule has 1 fully saturated rings. The summed E-state index contributed by atoms with van der Waals surface area (Å²) in [5.74, 6) is -1.31. The summed E-state index contributed by atoms with van der Waals surface area (Å²) in [7, 11) is 0. The zero-order valence-corrected chi connectivity index (χ0v) is 10.0. The molecule has 5 heteroatoms. The number of amides is 1. The van der Waals surface area contributed by atoms with Gasteiger partial charge in [0.15, 0.2) is 0 Å². The highest BCUT2D eigenvalue weighted by Crippen LogP contribution is 2.46. The van der Waals surface area contributed by atoms with Gasteiger partial charge in [-0.05, 0) is 30.5 Å². The van der Waals surface area contributed by atoms with Crippen LogP contribution in [0.25, 0.3) is 0 Å². The smallest absolute Gasteiger partial charge is 0.306 e. The number of carbonyl (C=O) groups excluding carboxylic acids is 1. The molecule has 1 amide bonds. The average Bonchev–Trinajstić information content (AvgIpc) is 2.23. The Kier molecular flexibility index (Phi) is 2.98. The number of rotatable bonds is 3. The lowest BCUT2D eigenvalue weighted by Gasteiger charge is -2.46. The standard InChI is InChI=1S/C13H15NO4/c1-8(15)14-13(6-9(7-13)12(17)18)10-2-4-11(16)5-3-10/h2-5,9,16H,6-7H2,1H3,(H,14,15)(H,17,18). The van der Waals surface area contributed by atoms with Gasteiger partial charge in [-0.15, -0.1) is 0 Å². The summed E-state index contributed by atoms with van der Waals surface area (Å²) in [5, 5.41) is 21.0. The molecule has 2 rings (SSSR count). The van der Waals surface area contributed by atoms with Crippen LogP contribution >= 0.6 is 0 Å². The van der Waals surface area contributed by atoms with Crippen LogP contribution < -0.4 is 5.32 Å². The van der Waals surface area contributed by atoms with E-state index in [1.165, 1.54) is 19.1 Å². The van der Waals surface area contributed by atoms with E-state index in [4.69, 9.17) is 5.11 Å². The number of aromatic hydroxyl groups is 1. The minimum absolute atomic E-state index is 0.144. The number of carbonyl (C=O) groups is 2. The molecule has 0 bridgehead atoms. The van der Waals surface area contributed by atoms with E-state index < -0.39 is 17.4 Å². The van der Waals surface area contributed by atoms with Crippen molar-refractivity contribution in [3.63, 3.8) is 0 Å². The summed E-state index contributed by atoms with van der Waals surface area (Å²) in [6, 6.07) is 6.49. The van der Waals surface area contributed by atoms with Crippen LogP contribution in [0.4, 0.5) is 0 Å². The van der Waals surface area contributed by atoms with Crippen molar-refractivity contribution >= 4 is 11.9 Å². The number of phenols is 1. The topological polar surface area (TPSA) is 86.6 Å². The lowest BCUT2D eigenvalue weighted by molar-refractivity contribution is -0.149. The summed E-state index contributed by atoms with van der Waals surface area (Å²) in [5.41, 5.74) is 0.218. The van der Waals surface area contributed by atoms with Crippen molar-refractivity contribution in [2.75, 3.05) is 0 Å². The van der Waals surface area contributed by atoms with E-state index in [-0.39, 0.29) is 11.7 Å². The highest BCUT2D eigenvalue weighted by molar-refractivity contribution is 5.77. The van der Waals surface area contributed by atoms with Crippen molar-refractivity contribution in [3.8, 4) is 5.75 Å². The van der Waals surface area contributed by atoms with E-state index in [2.05, 4.69) is 5.32 Å². The number of carboxylic acids is 1. The van der Waals surface area contributed by atoms with Crippen molar-refractivity contribution in [3.05, 3.63) is 29.8 Å². The van der Waals surface area contributed by atoms with Crippen LogP contribution in [-0.4, -0.2) is 22.1 Å². The van der Waals surface area contributed by atoms with Crippen LogP contribution in [0, 0.1) is 5.92 Å². The quantitative estimate of drug-likeness (QED) is 0.751. The Morgan fingerprint density at radius 1 is 1.28 bits per heavy atom. The van der Waals surface area contributed by atoms with E-state index in [1.807, 2.05) is 0 Å². The van der Waals surface area contributed by atoms with Crippen LogP contribution in [0.3, 0.4) is 0 Å². The van der Waals surface area contributed by atoms with Gasteiger partial charge in [0, 0.05) is 6.92 Å². The van der Waals surface area contributed by atoms with Crippen LogP contribution in [0.2, 0.25) is 0 Å². The van der Waals surface area contributed by atoms with Gasteiger partial charge in [0.25, 0.3) is 0 Å². The van der Waals surface area contributed by atoms with Gasteiger partial charge >= 0.3 is 5.97 Å². The molecule has 0 aromatic heterocycles. The van der Waals surface area contributed by atoms with Crippen LogP contribution in [0.1, 0.15) is 25.3 Å². The molecule has 1 aromatic carbocycles. The predicted octanol–water partition coefficient (Wildman–Crippen LogP) is 1.22. The van der Waals surface area contributed by atoms with Crippen molar-refractivity contribution < 1.29 is 19.8 Å². The zero-order chi connectivity index (χ0) is 13.3. The molecule has 3 N–H and O–H groups in total. The Balaban J connectivity index is 2.24. The van der Waals surface area contributed by atoms with E-state index >= 15 is 0 Å². The van der Waals surface area contributed by atoms with Crippen LogP contribution in [0.15, 0.2) is 24.3 Å². The molecule has 0 spiro atoms. The summed E-state index contributed by atoms with van der Waals surface area (Å²) in [4.78, 5) is 22.1. The third-order valence-corrected chi connectivity index (χ3v) is 3.37. The van der Waals surface area contributed by atoms with Gasteiger partial charge in [0.2, 0.25) is 5.91 Å². The molecule has 1 saturated carbocycles. The molecule has 1 aliphatic rings. The maximum Gasteiger partial charge on any atom is 0.306 e. The van der Waals surface area contributed by atoms with Crippen LogP contribution in [0.5, 0.6) is 5.75 Å². The lowest BCUT2D eigenvalue weighted by atomic mass is 9.64. The summed E-state index contributed by atoms with van der Waals surface area (Å²) >= 11 is 0. The molecule has 0 radical (unpaired) electrons. The Hall–Kier alpha value is -2.04. The largest absolute Gasteiger partial charge is 0.508 e. The number of benzene rings is 1. The van der Waals surface area contributed by atoms with Crippen molar-refractivity contribution in [1.29, 1.82) is 0 Å². The van der Waals surface area contributed by atoms with E-state index in [9.17, 15) is 14.7 Å². The first-order chi connectivity index (χ1) is 8.43. The average molecular weight is 249 g/mol. The Labute approximate surface area is 104 Å². The molecule has 0 saturated heterocycles. The highest BCUT2D eigenvalue weighted by Gasteiger charge is 2.49. The predicted molar refractivity (Wildman–Crippen MR) is 64.0 cm³/mol. The van der Waals surface area contributed by atoms with Gasteiger partial charge < -0.3 is 15.5 Å². The molecular formula is C13H15NO4. The van der Waals surface area contributed by atoms with E-state index in [0.717, 1.165) is 5.56 Å². The summed E-state index contributed by atoms with van der Waals surface area (Å²) < 4.78 is 0. The molecule has 0 unspecified atom stereocenters. The maximum atomic E-state index is 11.3. The number of hydrogen-bond donors (Lipinski definition) is 3. The minimum atomic E-state index is -0.838. The first-order valence-electron chi connectivity index (χ1n) is 5.74. The van der Waals surface area contributed by atoms with Gasteiger partial charge in [0.1, 0.15) is 5.75 Å². The molecule has 0 heterocycles. The number of phenolic OH excluding ortho intramolecular Hbond substituents is 1. The second-order valence-corrected chi connectivity index (χ2v) is 4.75. The minimum Gasteiger partial charge on any atom is -0.508 e. The van der Waals surface area contributed by atoms with Gasteiger partial charge in [-0.1, -0.05) is 12.1 Å². The van der Waals surface area contributed by atoms with Crippen molar-refractivity contribution in [1.82, 2.24) is 5.32 Å². The first-order valence-corrected chi connectivity index (χ1v) is 5.74. The highest BCUT2D eigenvalue weighted by atomic mass is 16.4. The number of hydrogen-bond acceptors (Lipinski definition) is 3. The fourth-order valence-electron chi connectivity index (χ4n) is 2.48. The molecule has 18 heavy (non-hydrogen) atoms. The van der Waals surface area contributed by atoms with E-state index in [0.29, 0.717) is 12.8 Å². The van der Waals surface area contributed by atoms with Gasteiger partial charge in [-0.2, -0.15) is 0 Å². The summed E-state index contributed by atoms with van der Waals surface area (Å²) in [6.07, 6.45) is 0.763. The SMILES string of the molecule is CC(=O)NC1(c2ccc(O)cc2)CC(C(=O)O)C1. The second-order valence-electron chi connectivity index (χ2n) is 4.75. The second kappa shape index (κ2) is 4.33. The third-order valence-electron chi connectivity index (χ3n) is 3.37. The fraction of sp³-hybridized carbons (Fsp3) is 0.385. The maximum absolute atomic E-state index is 11.3. The van der Waals surface area contributed by atoms with E-state index in [1.54, 1.807) is 12.1 Å². The fourth-order valence-corrected chi connectivity index (χ4v) is 2.48. The molecule has 1 aromatic rings. The Morgan fingerprint density at radius 3 is 2.28 bits per heavy atom. The molecule has 0 aliphatic heterocycles. The normalized spacial score (nSPS) is 26.2. The lowest BCUT2D eigenvalue weighted by Crippen LogP contribution is -2.55. The molecular weight excluding hydrogens is 234 g/mol.